The summed E-state index contributed by atoms with van der Waals surface area (Å²) in [6.45, 7) is 1.66. The summed E-state index contributed by atoms with van der Waals surface area (Å²) < 4.78 is 5.80. The van der Waals surface area contributed by atoms with E-state index in [1.54, 1.807) is 25.1 Å². The number of nitrogens with zero attached hydrogens (tertiary/aromatic N) is 1. The molecule has 26 heavy (non-hydrogen) atoms. The molecule has 3 aromatic carbocycles. The van der Waals surface area contributed by atoms with Crippen LogP contribution in [0.5, 0.6) is 5.75 Å². The molecule has 0 bridgehead atoms. The average Bonchev–Trinajstić information content (AvgIpc) is 2.64. The third-order valence-corrected chi connectivity index (χ3v) is 4.45. The van der Waals surface area contributed by atoms with E-state index >= 15 is 0 Å². The maximum atomic E-state index is 12.2. The van der Waals surface area contributed by atoms with Crippen LogP contribution in [0.3, 0.4) is 0 Å². The normalized spacial score (nSPS) is 12.3. The number of hydrogen-bond acceptors (Lipinski definition) is 3. The molecule has 0 aliphatic rings. The number of carbonyl (C=O) groups excluding carboxylic acids is 1. The van der Waals surface area contributed by atoms with Gasteiger partial charge in [0, 0.05) is 10.9 Å². The van der Waals surface area contributed by atoms with Crippen molar-refractivity contribution >= 4 is 46.1 Å². The van der Waals surface area contributed by atoms with Gasteiger partial charge in [-0.2, -0.15) is 5.10 Å². The van der Waals surface area contributed by atoms with Crippen molar-refractivity contribution in [2.45, 2.75) is 13.0 Å². The number of rotatable bonds is 5. The van der Waals surface area contributed by atoms with E-state index in [9.17, 15) is 4.79 Å². The Hall–Kier alpha value is -2.56. The second-order valence-electron chi connectivity index (χ2n) is 5.61. The lowest BCUT2D eigenvalue weighted by Crippen LogP contribution is -2.33. The van der Waals surface area contributed by atoms with Crippen LogP contribution in [-0.2, 0) is 4.79 Å². The highest BCUT2D eigenvalue weighted by atomic mass is 35.5. The molecule has 1 N–H and O–H groups in total. The van der Waals surface area contributed by atoms with E-state index in [0.717, 1.165) is 10.8 Å². The van der Waals surface area contributed by atoms with Gasteiger partial charge in [0.15, 0.2) is 6.10 Å². The van der Waals surface area contributed by atoms with Gasteiger partial charge in [0.05, 0.1) is 16.3 Å². The van der Waals surface area contributed by atoms with E-state index in [-0.39, 0.29) is 5.91 Å². The van der Waals surface area contributed by atoms with E-state index in [1.807, 2.05) is 42.5 Å². The van der Waals surface area contributed by atoms with Crippen molar-refractivity contribution in [2.75, 3.05) is 0 Å². The summed E-state index contributed by atoms with van der Waals surface area (Å²) in [6, 6.07) is 18.7. The predicted octanol–water partition coefficient (Wildman–Crippen LogP) is 5.06. The molecule has 0 spiro atoms. The van der Waals surface area contributed by atoms with Crippen LogP contribution in [0, 0.1) is 0 Å². The quantitative estimate of drug-likeness (QED) is 0.491. The van der Waals surface area contributed by atoms with Gasteiger partial charge in [-0.3, -0.25) is 4.79 Å². The Balaban J connectivity index is 1.67. The van der Waals surface area contributed by atoms with Gasteiger partial charge in [-0.1, -0.05) is 65.7 Å². The summed E-state index contributed by atoms with van der Waals surface area (Å²) in [7, 11) is 0. The zero-order chi connectivity index (χ0) is 18.5. The zero-order valence-electron chi connectivity index (χ0n) is 13.9. The predicted molar refractivity (Wildman–Crippen MR) is 106 cm³/mol. The van der Waals surface area contributed by atoms with Crippen molar-refractivity contribution in [1.82, 2.24) is 5.43 Å². The van der Waals surface area contributed by atoms with Crippen molar-refractivity contribution in [3.05, 3.63) is 76.3 Å². The minimum atomic E-state index is -0.723. The van der Waals surface area contributed by atoms with E-state index < -0.39 is 6.10 Å². The van der Waals surface area contributed by atoms with E-state index in [2.05, 4.69) is 10.5 Å². The first kappa shape index (κ1) is 18.2. The molecule has 0 saturated heterocycles. The molecule has 3 aromatic rings. The molecule has 0 fully saturated rings. The van der Waals surface area contributed by atoms with Crippen LogP contribution in [0.25, 0.3) is 10.8 Å². The number of hydrazone groups is 1. The van der Waals surface area contributed by atoms with E-state index in [4.69, 9.17) is 27.9 Å². The summed E-state index contributed by atoms with van der Waals surface area (Å²) in [5.74, 6) is 0.265. The highest BCUT2D eigenvalue weighted by Crippen LogP contribution is 2.26. The topological polar surface area (TPSA) is 50.7 Å². The molecule has 6 heteroatoms. The van der Waals surface area contributed by atoms with Crippen LogP contribution in [0.2, 0.25) is 10.0 Å². The van der Waals surface area contributed by atoms with Gasteiger partial charge < -0.3 is 4.74 Å². The van der Waals surface area contributed by atoms with Crippen LogP contribution in [0.4, 0.5) is 0 Å². The minimum absolute atomic E-state index is 0.377. The molecule has 3 rings (SSSR count). The van der Waals surface area contributed by atoms with Crippen molar-refractivity contribution in [1.29, 1.82) is 0 Å². The second kappa shape index (κ2) is 8.21. The van der Waals surface area contributed by atoms with Gasteiger partial charge in [0.25, 0.3) is 5.91 Å². The molecule has 1 atom stereocenters. The second-order valence-corrected chi connectivity index (χ2v) is 6.42. The third kappa shape index (κ3) is 4.15. The largest absolute Gasteiger partial charge is 0.480 e. The number of carbonyl (C=O) groups is 1. The molecule has 0 aliphatic carbocycles. The third-order valence-electron chi connectivity index (χ3n) is 3.79. The van der Waals surface area contributed by atoms with Gasteiger partial charge in [-0.25, -0.2) is 5.43 Å². The number of hydrogen-bond donors (Lipinski definition) is 1. The smallest absolute Gasteiger partial charge is 0.280 e. The fourth-order valence-corrected chi connectivity index (χ4v) is 2.92. The Morgan fingerprint density at radius 2 is 1.69 bits per heavy atom. The molecular formula is C20H16Cl2N2O2. The summed E-state index contributed by atoms with van der Waals surface area (Å²) in [4.78, 5) is 12.2. The Kier molecular flexibility index (Phi) is 5.76. The number of amides is 1. The highest BCUT2D eigenvalue weighted by molar-refractivity contribution is 6.38. The SMILES string of the molecule is C[C@H](Oc1cccc2ccccc12)C(=O)N/N=C\c1c(Cl)cccc1Cl. The molecule has 132 valence electrons. The lowest BCUT2D eigenvalue weighted by molar-refractivity contribution is -0.127. The van der Waals surface area contributed by atoms with Gasteiger partial charge in [-0.05, 0) is 30.5 Å². The molecule has 0 radical (unpaired) electrons. The summed E-state index contributed by atoms with van der Waals surface area (Å²) >= 11 is 12.1. The van der Waals surface area contributed by atoms with Gasteiger partial charge in [0.2, 0.25) is 0 Å². The molecule has 0 aromatic heterocycles. The Morgan fingerprint density at radius 1 is 1.04 bits per heavy atom. The average molecular weight is 387 g/mol. The van der Waals surface area contributed by atoms with Gasteiger partial charge >= 0.3 is 0 Å². The first-order valence-electron chi connectivity index (χ1n) is 7.97. The standard InChI is InChI=1S/C20H16Cl2N2O2/c1-13(26-19-11-4-7-14-6-2-3-8-15(14)19)20(25)24-23-12-16-17(21)9-5-10-18(16)22/h2-13H,1H3,(H,24,25)/b23-12-/t13-/m0/s1. The number of nitrogens with one attached hydrogen (secondary N) is 1. The number of fused-ring (bicyclic) bond motifs is 1. The fraction of sp³-hybridized carbons (Fsp3) is 0.100. The molecule has 0 aliphatic heterocycles. The van der Waals surface area contributed by atoms with Crippen LogP contribution >= 0.6 is 23.2 Å². The first-order chi connectivity index (χ1) is 12.6. The van der Waals surface area contributed by atoms with Gasteiger partial charge in [0.1, 0.15) is 5.75 Å². The molecule has 1 amide bonds. The van der Waals surface area contributed by atoms with Crippen molar-refractivity contribution in [3.63, 3.8) is 0 Å². The van der Waals surface area contributed by atoms with Gasteiger partial charge in [-0.15, -0.1) is 0 Å². The monoisotopic (exact) mass is 386 g/mol. The maximum Gasteiger partial charge on any atom is 0.280 e. The van der Waals surface area contributed by atoms with E-state index in [1.165, 1.54) is 6.21 Å². The number of halogens is 2. The highest BCUT2D eigenvalue weighted by Gasteiger charge is 2.15. The Bertz CT molecular complexity index is 947. The van der Waals surface area contributed by atoms with Crippen LogP contribution in [0.1, 0.15) is 12.5 Å². The lowest BCUT2D eigenvalue weighted by atomic mass is 10.1. The van der Waals surface area contributed by atoms with Crippen molar-refractivity contribution in [2.24, 2.45) is 5.10 Å². The Morgan fingerprint density at radius 3 is 2.46 bits per heavy atom. The van der Waals surface area contributed by atoms with Crippen LogP contribution < -0.4 is 10.2 Å². The van der Waals surface area contributed by atoms with Crippen molar-refractivity contribution < 1.29 is 9.53 Å². The summed E-state index contributed by atoms with van der Waals surface area (Å²) in [5.41, 5.74) is 2.98. The number of ether oxygens (including phenoxy) is 1. The minimum Gasteiger partial charge on any atom is -0.480 e. The molecule has 0 heterocycles. The maximum absolute atomic E-state index is 12.2. The molecule has 0 saturated carbocycles. The number of benzene rings is 3. The van der Waals surface area contributed by atoms with Crippen LogP contribution in [-0.4, -0.2) is 18.2 Å². The summed E-state index contributed by atoms with van der Waals surface area (Å²) in [6.07, 6.45) is 0.687. The fourth-order valence-electron chi connectivity index (χ4n) is 2.43. The van der Waals surface area contributed by atoms with Crippen molar-refractivity contribution in [3.8, 4) is 5.75 Å². The summed E-state index contributed by atoms with van der Waals surface area (Å²) in [5, 5.41) is 6.81. The molecule has 4 nitrogen and oxygen atoms in total. The zero-order valence-corrected chi connectivity index (χ0v) is 15.5. The first-order valence-corrected chi connectivity index (χ1v) is 8.73. The molecule has 0 unspecified atom stereocenters. The van der Waals surface area contributed by atoms with Crippen LogP contribution in [0.15, 0.2) is 65.8 Å². The van der Waals surface area contributed by atoms with E-state index in [0.29, 0.717) is 21.4 Å². The lowest BCUT2D eigenvalue weighted by Gasteiger charge is -2.14. The Labute approximate surface area is 161 Å². The molecular weight excluding hydrogens is 371 g/mol.